The van der Waals surface area contributed by atoms with E-state index in [2.05, 4.69) is 69.2 Å². The minimum absolute atomic E-state index is 0. The Balaban J connectivity index is 0.00000341. The van der Waals surface area contributed by atoms with Crippen LogP contribution in [0.2, 0.25) is 0 Å². The first-order valence-electron chi connectivity index (χ1n) is 10.8. The zero-order valence-corrected chi connectivity index (χ0v) is 21.7. The Hall–Kier alpha value is -1.20. The minimum Gasteiger partial charge on any atom is -0.379 e. The fraction of sp³-hybridized carbons (Fsp3) is 0.522. The van der Waals surface area contributed by atoms with Crippen LogP contribution in [-0.2, 0) is 22.6 Å². The van der Waals surface area contributed by atoms with Gasteiger partial charge in [0.2, 0.25) is 0 Å². The fourth-order valence-electron chi connectivity index (χ4n) is 3.57. The van der Waals surface area contributed by atoms with E-state index in [-0.39, 0.29) is 24.0 Å². The molecule has 0 radical (unpaired) electrons. The molecular weight excluding hydrogens is 523 g/mol. The Morgan fingerprint density at radius 2 is 1.94 bits per heavy atom. The molecular formula is C23H35IN4O2S. The third-order valence-electron chi connectivity index (χ3n) is 5.22. The van der Waals surface area contributed by atoms with E-state index < -0.39 is 0 Å². The van der Waals surface area contributed by atoms with Crippen molar-refractivity contribution in [3.63, 3.8) is 0 Å². The first kappa shape index (κ1) is 26.1. The molecule has 0 spiro atoms. The minimum atomic E-state index is 0. The Bertz CT molecular complexity index is 767. The average molecular weight is 559 g/mol. The maximum atomic E-state index is 5.74. The van der Waals surface area contributed by atoms with Crippen molar-refractivity contribution in [2.45, 2.75) is 32.5 Å². The van der Waals surface area contributed by atoms with Crippen LogP contribution in [0.4, 0.5) is 0 Å². The Labute approximate surface area is 207 Å². The maximum absolute atomic E-state index is 5.74. The molecule has 8 heteroatoms. The lowest BCUT2D eigenvalue weighted by Gasteiger charge is -2.34. The molecule has 1 aliphatic rings. The lowest BCUT2D eigenvalue weighted by molar-refractivity contribution is 0.0177. The molecule has 6 nitrogen and oxygen atoms in total. The number of nitrogens with zero attached hydrogens (tertiary/aromatic N) is 2. The number of hydrogen-bond acceptors (Lipinski definition) is 5. The second-order valence-corrected chi connectivity index (χ2v) is 8.29. The van der Waals surface area contributed by atoms with Gasteiger partial charge in [-0.15, -0.1) is 35.3 Å². The largest absolute Gasteiger partial charge is 0.379 e. The number of nitrogens with one attached hydrogen (secondary N) is 2. The molecule has 3 rings (SSSR count). The van der Waals surface area contributed by atoms with Crippen molar-refractivity contribution in [3.8, 4) is 0 Å². The number of ether oxygens (including phenoxy) is 2. The molecule has 1 saturated heterocycles. The van der Waals surface area contributed by atoms with Gasteiger partial charge in [0.1, 0.15) is 0 Å². The number of guanidine groups is 1. The molecule has 2 N–H and O–H groups in total. The molecule has 0 bridgehead atoms. The molecule has 172 valence electrons. The van der Waals surface area contributed by atoms with Gasteiger partial charge >= 0.3 is 0 Å². The maximum Gasteiger partial charge on any atom is 0.191 e. The van der Waals surface area contributed by atoms with Crippen LogP contribution in [0.5, 0.6) is 0 Å². The first-order valence-corrected chi connectivity index (χ1v) is 11.6. The summed E-state index contributed by atoms with van der Waals surface area (Å²) in [5.41, 5.74) is 2.46. The van der Waals surface area contributed by atoms with E-state index in [0.29, 0.717) is 19.2 Å². The molecule has 31 heavy (non-hydrogen) atoms. The van der Waals surface area contributed by atoms with Crippen molar-refractivity contribution in [2.24, 2.45) is 4.99 Å². The molecule has 0 saturated carbocycles. The van der Waals surface area contributed by atoms with Crippen molar-refractivity contribution in [2.75, 3.05) is 46.5 Å². The van der Waals surface area contributed by atoms with Crippen molar-refractivity contribution >= 4 is 41.3 Å². The van der Waals surface area contributed by atoms with Crippen LogP contribution in [0.1, 0.15) is 35.4 Å². The monoisotopic (exact) mass is 558 g/mol. The lowest BCUT2D eigenvalue weighted by atomic mass is 10.1. The zero-order valence-electron chi connectivity index (χ0n) is 18.5. The van der Waals surface area contributed by atoms with Crippen molar-refractivity contribution in [3.05, 3.63) is 57.8 Å². The van der Waals surface area contributed by atoms with Crippen LogP contribution < -0.4 is 10.6 Å². The molecule has 1 aromatic heterocycles. The molecule has 1 atom stereocenters. The number of morpholine rings is 1. The molecule has 0 amide bonds. The number of hydrogen-bond donors (Lipinski definition) is 2. The van der Waals surface area contributed by atoms with E-state index in [1.807, 2.05) is 18.4 Å². The van der Waals surface area contributed by atoms with Gasteiger partial charge in [0.25, 0.3) is 0 Å². The molecule has 1 aromatic carbocycles. The smallest absolute Gasteiger partial charge is 0.191 e. The zero-order chi connectivity index (χ0) is 21.0. The molecule has 0 aliphatic carbocycles. The second kappa shape index (κ2) is 14.8. The average Bonchev–Trinajstić information content (AvgIpc) is 3.32. The van der Waals surface area contributed by atoms with Crippen LogP contribution in [0, 0.1) is 0 Å². The van der Waals surface area contributed by atoms with Gasteiger partial charge in [0.05, 0.1) is 25.9 Å². The number of aliphatic imine (C=N–C) groups is 1. The molecule has 1 fully saturated rings. The standard InChI is InChI=1S/C23H34N4O2S.HI/c1-3-12-29-18-20-8-5-4-7-19(20)16-25-23(24-2)26-17-21(22-9-6-15-30-22)27-10-13-28-14-11-27;/h4-9,15,21H,3,10-14,16-18H2,1-2H3,(H2,24,25,26);1H. The summed E-state index contributed by atoms with van der Waals surface area (Å²) < 4.78 is 11.3. The van der Waals surface area contributed by atoms with Crippen LogP contribution in [-0.4, -0.2) is 57.4 Å². The van der Waals surface area contributed by atoms with Crippen LogP contribution in [0.3, 0.4) is 0 Å². The number of halogens is 1. The molecule has 2 heterocycles. The van der Waals surface area contributed by atoms with Crippen LogP contribution in [0.25, 0.3) is 0 Å². The highest BCUT2D eigenvalue weighted by atomic mass is 127. The van der Waals surface area contributed by atoms with E-state index in [9.17, 15) is 0 Å². The van der Waals surface area contributed by atoms with Crippen molar-refractivity contribution in [1.82, 2.24) is 15.5 Å². The highest BCUT2D eigenvalue weighted by molar-refractivity contribution is 14.0. The summed E-state index contributed by atoms with van der Waals surface area (Å²) in [6, 6.07) is 13.1. The summed E-state index contributed by atoms with van der Waals surface area (Å²) in [7, 11) is 1.82. The summed E-state index contributed by atoms with van der Waals surface area (Å²) in [5.74, 6) is 0.814. The fourth-order valence-corrected chi connectivity index (χ4v) is 4.43. The predicted molar refractivity (Wildman–Crippen MR) is 139 cm³/mol. The molecule has 1 unspecified atom stereocenters. The third-order valence-corrected chi connectivity index (χ3v) is 6.19. The molecule has 1 aliphatic heterocycles. The Morgan fingerprint density at radius 1 is 1.16 bits per heavy atom. The number of rotatable bonds is 10. The van der Waals surface area contributed by atoms with Gasteiger partial charge in [-0.05, 0) is 29.0 Å². The van der Waals surface area contributed by atoms with Gasteiger partial charge in [-0.25, -0.2) is 0 Å². The van der Waals surface area contributed by atoms with Crippen LogP contribution >= 0.6 is 35.3 Å². The van der Waals surface area contributed by atoms with Gasteiger partial charge in [0.15, 0.2) is 5.96 Å². The SMILES string of the molecule is CCCOCc1ccccc1CNC(=NC)NCC(c1cccs1)N1CCOCC1.I. The van der Waals surface area contributed by atoms with Crippen molar-refractivity contribution < 1.29 is 9.47 Å². The van der Waals surface area contributed by atoms with Gasteiger partial charge in [-0.2, -0.15) is 0 Å². The van der Waals surface area contributed by atoms with Gasteiger partial charge in [-0.1, -0.05) is 37.3 Å². The topological polar surface area (TPSA) is 58.1 Å². The summed E-state index contributed by atoms with van der Waals surface area (Å²) in [5, 5.41) is 9.14. The lowest BCUT2D eigenvalue weighted by Crippen LogP contribution is -2.46. The van der Waals surface area contributed by atoms with Crippen molar-refractivity contribution in [1.29, 1.82) is 0 Å². The quantitative estimate of drug-likeness (QED) is 0.200. The van der Waals surface area contributed by atoms with E-state index in [1.165, 1.54) is 16.0 Å². The Kier molecular flexibility index (Phi) is 12.4. The predicted octanol–water partition coefficient (Wildman–Crippen LogP) is 4.03. The third kappa shape index (κ3) is 8.34. The van der Waals surface area contributed by atoms with E-state index in [4.69, 9.17) is 9.47 Å². The summed E-state index contributed by atoms with van der Waals surface area (Å²) in [6.07, 6.45) is 1.03. The highest BCUT2D eigenvalue weighted by Crippen LogP contribution is 2.25. The van der Waals surface area contributed by atoms with Gasteiger partial charge in [-0.3, -0.25) is 9.89 Å². The second-order valence-electron chi connectivity index (χ2n) is 7.31. The first-order chi connectivity index (χ1) is 14.8. The summed E-state index contributed by atoms with van der Waals surface area (Å²) in [4.78, 5) is 8.30. The number of thiophene rings is 1. The number of benzene rings is 1. The van der Waals surface area contributed by atoms with E-state index in [0.717, 1.165) is 51.8 Å². The van der Waals surface area contributed by atoms with Crippen LogP contribution in [0.15, 0.2) is 46.8 Å². The summed E-state index contributed by atoms with van der Waals surface area (Å²) >= 11 is 1.81. The summed E-state index contributed by atoms with van der Waals surface area (Å²) in [6.45, 7) is 8.60. The van der Waals surface area contributed by atoms with Gasteiger partial charge < -0.3 is 20.1 Å². The highest BCUT2D eigenvalue weighted by Gasteiger charge is 2.23. The van der Waals surface area contributed by atoms with E-state index >= 15 is 0 Å². The molecule has 2 aromatic rings. The van der Waals surface area contributed by atoms with Gasteiger partial charge in [0, 0.05) is 44.7 Å². The Morgan fingerprint density at radius 3 is 2.61 bits per heavy atom. The normalized spacial score (nSPS) is 15.9. The van der Waals surface area contributed by atoms with E-state index in [1.54, 1.807) is 0 Å².